The van der Waals surface area contributed by atoms with Crippen molar-refractivity contribution >= 4 is 35.0 Å². The smallest absolute Gasteiger partial charge is 0.325 e. The van der Waals surface area contributed by atoms with E-state index in [0.717, 1.165) is 5.69 Å². The molecule has 0 aliphatic carbocycles. The first-order valence-electron chi connectivity index (χ1n) is 9.48. The van der Waals surface area contributed by atoms with Gasteiger partial charge in [-0.2, -0.15) is 0 Å². The molecule has 0 saturated carbocycles. The second kappa shape index (κ2) is 9.67. The predicted octanol–water partition coefficient (Wildman–Crippen LogP) is 2.62. The molecule has 11 heteroatoms. The Morgan fingerprint density at radius 3 is 2.59 bits per heavy atom. The highest BCUT2D eigenvalue weighted by atomic mass is 35.5. The van der Waals surface area contributed by atoms with Gasteiger partial charge in [0, 0.05) is 34.6 Å². The number of carbonyl (C=O) groups excluding carboxylic acids is 1. The van der Waals surface area contributed by atoms with Gasteiger partial charge >= 0.3 is 5.69 Å². The van der Waals surface area contributed by atoms with Crippen molar-refractivity contribution < 1.29 is 4.79 Å². The zero-order valence-corrected chi connectivity index (χ0v) is 18.1. The van der Waals surface area contributed by atoms with Crippen LogP contribution < -0.4 is 16.6 Å². The number of aromatic amines is 2. The van der Waals surface area contributed by atoms with Crippen LogP contribution in [0.2, 0.25) is 5.02 Å². The SMILES string of the molecule is O=C(CSc1nnc(Cc2cc(=O)[nH]c(=O)[nH]2)n1-c1ccccc1)Nc1cccc(Cl)c1. The molecule has 0 aliphatic heterocycles. The summed E-state index contributed by atoms with van der Waals surface area (Å²) in [5.41, 5.74) is 0.704. The van der Waals surface area contributed by atoms with Gasteiger partial charge in [-0.3, -0.25) is 19.1 Å². The van der Waals surface area contributed by atoms with Crippen LogP contribution in [0.1, 0.15) is 11.5 Å². The van der Waals surface area contributed by atoms with Crippen LogP contribution in [0.25, 0.3) is 5.69 Å². The molecule has 162 valence electrons. The molecule has 9 nitrogen and oxygen atoms in total. The molecule has 0 bridgehead atoms. The van der Waals surface area contributed by atoms with Gasteiger partial charge in [0.15, 0.2) is 5.16 Å². The maximum atomic E-state index is 12.4. The van der Waals surface area contributed by atoms with Gasteiger partial charge in [0.25, 0.3) is 5.56 Å². The first-order valence-corrected chi connectivity index (χ1v) is 10.8. The number of H-pyrrole nitrogens is 2. The monoisotopic (exact) mass is 468 g/mol. The summed E-state index contributed by atoms with van der Waals surface area (Å²) in [4.78, 5) is 40.4. The van der Waals surface area contributed by atoms with Crippen LogP contribution in [0.15, 0.2) is 75.4 Å². The molecule has 1 amide bonds. The van der Waals surface area contributed by atoms with Gasteiger partial charge in [0.2, 0.25) is 5.91 Å². The highest BCUT2D eigenvalue weighted by molar-refractivity contribution is 7.99. The molecule has 32 heavy (non-hydrogen) atoms. The van der Waals surface area contributed by atoms with Crippen LogP contribution >= 0.6 is 23.4 Å². The largest absolute Gasteiger partial charge is 0.325 e. The number of anilines is 1. The lowest BCUT2D eigenvalue weighted by molar-refractivity contribution is -0.113. The van der Waals surface area contributed by atoms with Gasteiger partial charge in [-0.15, -0.1) is 10.2 Å². The Balaban J connectivity index is 1.57. The zero-order chi connectivity index (χ0) is 22.5. The molecule has 2 aromatic heterocycles. The normalized spacial score (nSPS) is 10.8. The molecule has 0 radical (unpaired) electrons. The number of benzene rings is 2. The molecule has 0 aliphatic rings. The summed E-state index contributed by atoms with van der Waals surface area (Å²) >= 11 is 7.17. The van der Waals surface area contributed by atoms with Crippen LogP contribution in [0.5, 0.6) is 0 Å². The van der Waals surface area contributed by atoms with Gasteiger partial charge in [-0.05, 0) is 30.3 Å². The number of halogens is 1. The molecule has 3 N–H and O–H groups in total. The lowest BCUT2D eigenvalue weighted by Gasteiger charge is -2.10. The Bertz CT molecular complexity index is 1340. The molecule has 4 rings (SSSR count). The van der Waals surface area contributed by atoms with Crippen molar-refractivity contribution in [2.45, 2.75) is 11.6 Å². The summed E-state index contributed by atoms with van der Waals surface area (Å²) in [7, 11) is 0. The highest BCUT2D eigenvalue weighted by Gasteiger charge is 2.17. The summed E-state index contributed by atoms with van der Waals surface area (Å²) < 4.78 is 1.79. The van der Waals surface area contributed by atoms with Crippen molar-refractivity contribution in [3.63, 3.8) is 0 Å². The summed E-state index contributed by atoms with van der Waals surface area (Å²) in [6.07, 6.45) is 0.177. The van der Waals surface area contributed by atoms with Crippen LogP contribution in [0, 0.1) is 0 Å². The van der Waals surface area contributed by atoms with Crippen LogP contribution in [0.3, 0.4) is 0 Å². The Hall–Kier alpha value is -3.63. The van der Waals surface area contributed by atoms with Gasteiger partial charge < -0.3 is 10.3 Å². The summed E-state index contributed by atoms with van der Waals surface area (Å²) in [6.45, 7) is 0. The molecular weight excluding hydrogens is 452 g/mol. The fourth-order valence-corrected chi connectivity index (χ4v) is 3.98. The van der Waals surface area contributed by atoms with E-state index in [-0.39, 0.29) is 18.1 Å². The van der Waals surface area contributed by atoms with E-state index in [0.29, 0.717) is 27.4 Å². The fraction of sp³-hybridized carbons (Fsp3) is 0.0952. The van der Waals surface area contributed by atoms with Gasteiger partial charge in [0.1, 0.15) is 5.82 Å². The van der Waals surface area contributed by atoms with E-state index in [9.17, 15) is 14.4 Å². The fourth-order valence-electron chi connectivity index (χ4n) is 3.02. The number of hydrogen-bond acceptors (Lipinski definition) is 6. The average Bonchev–Trinajstić information content (AvgIpc) is 3.14. The van der Waals surface area contributed by atoms with Crippen molar-refractivity contribution in [2.75, 3.05) is 11.1 Å². The van der Waals surface area contributed by atoms with E-state index in [1.807, 2.05) is 30.3 Å². The summed E-state index contributed by atoms with van der Waals surface area (Å²) in [6, 6.07) is 17.6. The van der Waals surface area contributed by atoms with E-state index >= 15 is 0 Å². The molecule has 0 fully saturated rings. The van der Waals surface area contributed by atoms with Crippen LogP contribution in [0.4, 0.5) is 5.69 Å². The number of nitrogens with one attached hydrogen (secondary N) is 3. The lowest BCUT2D eigenvalue weighted by atomic mass is 10.2. The molecule has 0 saturated heterocycles. The van der Waals surface area contributed by atoms with E-state index in [2.05, 4.69) is 25.5 Å². The van der Waals surface area contributed by atoms with Crippen molar-refractivity contribution in [2.24, 2.45) is 0 Å². The molecule has 0 atom stereocenters. The van der Waals surface area contributed by atoms with Crippen molar-refractivity contribution in [1.82, 2.24) is 24.7 Å². The number of nitrogens with zero attached hydrogens (tertiary/aromatic N) is 3. The number of rotatable bonds is 7. The first kappa shape index (κ1) is 21.6. The second-order valence-electron chi connectivity index (χ2n) is 6.71. The Kier molecular flexibility index (Phi) is 6.52. The minimum Gasteiger partial charge on any atom is -0.325 e. The minimum atomic E-state index is -0.592. The van der Waals surface area contributed by atoms with E-state index in [1.54, 1.807) is 28.8 Å². The lowest BCUT2D eigenvalue weighted by Crippen LogP contribution is -2.23. The van der Waals surface area contributed by atoms with Crippen molar-refractivity contribution in [3.05, 3.63) is 98.0 Å². The number of amides is 1. The third kappa shape index (κ3) is 5.34. The van der Waals surface area contributed by atoms with Crippen LogP contribution in [-0.2, 0) is 11.2 Å². The maximum absolute atomic E-state index is 12.4. The summed E-state index contributed by atoms with van der Waals surface area (Å²) in [5, 5.41) is 12.3. The van der Waals surface area contributed by atoms with Gasteiger partial charge in [0.05, 0.1) is 5.75 Å². The minimum absolute atomic E-state index is 0.0965. The van der Waals surface area contributed by atoms with Gasteiger partial charge in [-0.25, -0.2) is 4.79 Å². The van der Waals surface area contributed by atoms with Gasteiger partial charge in [-0.1, -0.05) is 47.6 Å². The van der Waals surface area contributed by atoms with E-state index < -0.39 is 11.2 Å². The quantitative estimate of drug-likeness (QED) is 0.358. The second-order valence-corrected chi connectivity index (χ2v) is 8.09. The third-order valence-corrected chi connectivity index (χ3v) is 5.48. The van der Waals surface area contributed by atoms with E-state index in [4.69, 9.17) is 11.6 Å². The standard InChI is InChI=1S/C21H17ClN6O3S/c22-13-5-4-6-14(9-13)23-19(30)12-32-21-27-26-17(28(21)16-7-2-1-3-8-16)10-15-11-18(29)25-20(31)24-15/h1-9,11H,10,12H2,(H,23,30)(H2,24,25,29,31). The molecule has 4 aromatic rings. The van der Waals surface area contributed by atoms with Crippen molar-refractivity contribution in [3.8, 4) is 5.69 Å². The van der Waals surface area contributed by atoms with Crippen LogP contribution in [-0.4, -0.2) is 36.4 Å². The first-order chi connectivity index (χ1) is 15.5. The topological polar surface area (TPSA) is 126 Å². The molecule has 2 heterocycles. The number of thioether (sulfide) groups is 1. The molecule has 0 spiro atoms. The van der Waals surface area contributed by atoms with E-state index in [1.165, 1.54) is 17.8 Å². The number of carbonyl (C=O) groups is 1. The highest BCUT2D eigenvalue weighted by Crippen LogP contribution is 2.23. The zero-order valence-electron chi connectivity index (χ0n) is 16.5. The van der Waals surface area contributed by atoms with Crippen molar-refractivity contribution in [1.29, 1.82) is 0 Å². The predicted molar refractivity (Wildman–Crippen MR) is 123 cm³/mol. The third-order valence-electron chi connectivity index (χ3n) is 4.32. The Morgan fingerprint density at radius 2 is 1.84 bits per heavy atom. The Morgan fingerprint density at radius 1 is 1.03 bits per heavy atom. The summed E-state index contributed by atoms with van der Waals surface area (Å²) in [5.74, 6) is 0.384. The molecule has 0 unspecified atom stereocenters. The number of para-hydroxylation sites is 1. The number of hydrogen-bond donors (Lipinski definition) is 3. The molecular formula is C21H17ClN6O3S. The molecule has 2 aromatic carbocycles. The Labute approximate surface area is 190 Å². The maximum Gasteiger partial charge on any atom is 0.325 e. The number of aromatic nitrogens is 5. The average molecular weight is 469 g/mol.